The van der Waals surface area contributed by atoms with Crippen molar-refractivity contribution in [2.45, 2.75) is 0 Å². The molecular formula is C50H32Si. The molecule has 10 aromatic carbocycles. The molecule has 10 aromatic rings. The van der Waals surface area contributed by atoms with Gasteiger partial charge in [0.25, 0.3) is 0 Å². The SMILES string of the molecule is c1ccc([Si]c2ccc3c(-c4ccc(-c5cccc6ccccc56)cc4)c4ccccc4c(-c4cc5ccccc5c5ccccc45)c3c2)cc1. The zero-order valence-electron chi connectivity index (χ0n) is 28.0. The van der Waals surface area contributed by atoms with Gasteiger partial charge in [-0.1, -0.05) is 198 Å². The van der Waals surface area contributed by atoms with E-state index in [2.05, 4.69) is 194 Å². The van der Waals surface area contributed by atoms with Crippen LogP contribution in [0.15, 0.2) is 194 Å². The van der Waals surface area contributed by atoms with E-state index in [4.69, 9.17) is 0 Å². The fourth-order valence-electron chi connectivity index (χ4n) is 8.10. The fraction of sp³-hybridized carbons (Fsp3) is 0. The lowest BCUT2D eigenvalue weighted by Gasteiger charge is -2.20. The Hall–Kier alpha value is -6.28. The van der Waals surface area contributed by atoms with Crippen molar-refractivity contribution in [2.24, 2.45) is 0 Å². The van der Waals surface area contributed by atoms with Crippen molar-refractivity contribution in [3.8, 4) is 33.4 Å². The first-order valence-corrected chi connectivity index (χ1v) is 18.6. The highest BCUT2D eigenvalue weighted by Crippen LogP contribution is 2.46. The van der Waals surface area contributed by atoms with Crippen LogP contribution in [-0.2, 0) is 0 Å². The van der Waals surface area contributed by atoms with E-state index in [0.717, 1.165) is 0 Å². The van der Waals surface area contributed by atoms with Crippen LogP contribution < -0.4 is 10.4 Å². The van der Waals surface area contributed by atoms with Crippen molar-refractivity contribution < 1.29 is 0 Å². The van der Waals surface area contributed by atoms with Crippen LogP contribution in [0, 0.1) is 0 Å². The Morgan fingerprint density at radius 3 is 1.61 bits per heavy atom. The molecule has 0 nitrogen and oxygen atoms in total. The molecule has 0 aromatic heterocycles. The number of hydrogen-bond acceptors (Lipinski definition) is 0. The molecule has 0 fully saturated rings. The Bertz CT molecular complexity index is 2920. The van der Waals surface area contributed by atoms with Crippen molar-refractivity contribution in [3.63, 3.8) is 0 Å². The van der Waals surface area contributed by atoms with Gasteiger partial charge in [0.2, 0.25) is 0 Å². The third-order valence-electron chi connectivity index (χ3n) is 10.4. The maximum atomic E-state index is 2.47. The van der Waals surface area contributed by atoms with Gasteiger partial charge in [-0.3, -0.25) is 0 Å². The molecular weight excluding hydrogens is 629 g/mol. The lowest BCUT2D eigenvalue weighted by molar-refractivity contribution is 1.64. The van der Waals surface area contributed by atoms with Gasteiger partial charge in [-0.05, 0) is 93.3 Å². The monoisotopic (exact) mass is 660 g/mol. The molecule has 236 valence electrons. The van der Waals surface area contributed by atoms with Crippen molar-refractivity contribution in [3.05, 3.63) is 194 Å². The third-order valence-corrected chi connectivity index (χ3v) is 11.6. The summed E-state index contributed by atoms with van der Waals surface area (Å²) in [5.41, 5.74) is 7.60. The van der Waals surface area contributed by atoms with Gasteiger partial charge in [-0.2, -0.15) is 0 Å². The van der Waals surface area contributed by atoms with Gasteiger partial charge in [0.1, 0.15) is 9.52 Å². The molecule has 0 heterocycles. The predicted octanol–water partition coefficient (Wildman–Crippen LogP) is 12.1. The van der Waals surface area contributed by atoms with Crippen LogP contribution in [-0.4, -0.2) is 9.52 Å². The topological polar surface area (TPSA) is 0 Å². The van der Waals surface area contributed by atoms with Gasteiger partial charge in [0.05, 0.1) is 0 Å². The summed E-state index contributed by atoms with van der Waals surface area (Å²) in [7, 11) is 0.574. The normalized spacial score (nSPS) is 11.6. The van der Waals surface area contributed by atoms with Crippen LogP contribution in [0.1, 0.15) is 0 Å². The van der Waals surface area contributed by atoms with E-state index in [1.807, 2.05) is 0 Å². The molecule has 51 heavy (non-hydrogen) atoms. The Morgan fingerprint density at radius 2 is 0.824 bits per heavy atom. The Kier molecular flexibility index (Phi) is 7.11. The van der Waals surface area contributed by atoms with E-state index >= 15 is 0 Å². The Balaban J connectivity index is 1.26. The second kappa shape index (κ2) is 12.2. The highest BCUT2D eigenvalue weighted by molar-refractivity contribution is 6.67. The molecule has 0 atom stereocenters. The van der Waals surface area contributed by atoms with Gasteiger partial charge >= 0.3 is 0 Å². The van der Waals surface area contributed by atoms with Gasteiger partial charge < -0.3 is 0 Å². The van der Waals surface area contributed by atoms with Crippen LogP contribution in [0.5, 0.6) is 0 Å². The smallest absolute Gasteiger partial charge is 0.0631 e. The molecule has 2 radical (unpaired) electrons. The zero-order valence-corrected chi connectivity index (χ0v) is 29.0. The molecule has 0 bridgehead atoms. The zero-order chi connectivity index (χ0) is 33.7. The molecule has 0 spiro atoms. The molecule has 10 rings (SSSR count). The van der Waals surface area contributed by atoms with Gasteiger partial charge in [-0.25, -0.2) is 0 Å². The van der Waals surface area contributed by atoms with Crippen LogP contribution in [0.3, 0.4) is 0 Å². The summed E-state index contributed by atoms with van der Waals surface area (Å²) >= 11 is 0. The summed E-state index contributed by atoms with van der Waals surface area (Å²) in [6, 6.07) is 71.7. The summed E-state index contributed by atoms with van der Waals surface area (Å²) in [6.07, 6.45) is 0. The van der Waals surface area contributed by atoms with Crippen molar-refractivity contribution >= 4 is 73.8 Å². The first-order chi connectivity index (χ1) is 25.3. The van der Waals surface area contributed by atoms with Gasteiger partial charge in [0.15, 0.2) is 0 Å². The van der Waals surface area contributed by atoms with Crippen LogP contribution >= 0.6 is 0 Å². The summed E-state index contributed by atoms with van der Waals surface area (Å²) in [6.45, 7) is 0. The lowest BCUT2D eigenvalue weighted by atomic mass is 9.83. The number of benzene rings is 10. The standard InChI is InChI=1S/C50H32Si/c1-2-16-37(17-3-1)51-38-29-30-46-48(32-38)50(47-31-36-14-5-7-19-41(36)42-20-8-9-21-43(42)47)45-23-11-10-22-44(45)49(46)35-27-25-34(26-28-35)40-24-12-15-33-13-4-6-18-39(33)40/h1-32H. The average Bonchev–Trinajstić information content (AvgIpc) is 3.20. The molecule has 0 aliphatic heterocycles. The highest BCUT2D eigenvalue weighted by Gasteiger charge is 2.20. The lowest BCUT2D eigenvalue weighted by Crippen LogP contribution is -2.26. The minimum absolute atomic E-state index is 0.574. The van der Waals surface area contributed by atoms with E-state index in [1.54, 1.807) is 0 Å². The fourth-order valence-corrected chi connectivity index (χ4v) is 9.18. The Morgan fingerprint density at radius 1 is 0.255 bits per heavy atom. The summed E-state index contributed by atoms with van der Waals surface area (Å²) in [5.74, 6) is 0. The van der Waals surface area contributed by atoms with Crippen molar-refractivity contribution in [2.75, 3.05) is 0 Å². The van der Waals surface area contributed by atoms with E-state index < -0.39 is 0 Å². The summed E-state index contributed by atoms with van der Waals surface area (Å²) < 4.78 is 0. The largest absolute Gasteiger partial charge is 0.121 e. The first-order valence-electron chi connectivity index (χ1n) is 17.6. The van der Waals surface area contributed by atoms with Crippen LogP contribution in [0.25, 0.3) is 87.2 Å². The van der Waals surface area contributed by atoms with Crippen molar-refractivity contribution in [1.82, 2.24) is 0 Å². The van der Waals surface area contributed by atoms with Crippen molar-refractivity contribution in [1.29, 1.82) is 0 Å². The molecule has 0 amide bonds. The second-order valence-corrected chi connectivity index (χ2v) is 14.7. The van der Waals surface area contributed by atoms with E-state index in [9.17, 15) is 0 Å². The number of rotatable bonds is 5. The minimum Gasteiger partial charge on any atom is -0.0631 e. The maximum Gasteiger partial charge on any atom is 0.121 e. The summed E-state index contributed by atoms with van der Waals surface area (Å²) in [4.78, 5) is 0. The number of hydrogen-bond donors (Lipinski definition) is 0. The number of fused-ring (bicyclic) bond motifs is 6. The molecule has 0 unspecified atom stereocenters. The maximum absolute atomic E-state index is 2.47. The van der Waals surface area contributed by atoms with E-state index in [1.165, 1.54) is 97.6 Å². The third kappa shape index (κ3) is 5.05. The molecule has 0 N–H and O–H groups in total. The van der Waals surface area contributed by atoms with Gasteiger partial charge in [-0.15, -0.1) is 0 Å². The molecule has 1 heteroatoms. The van der Waals surface area contributed by atoms with Crippen LogP contribution in [0.4, 0.5) is 0 Å². The molecule has 0 saturated carbocycles. The minimum atomic E-state index is 0.574. The molecule has 0 saturated heterocycles. The predicted molar refractivity (Wildman–Crippen MR) is 222 cm³/mol. The Labute approximate surface area is 300 Å². The highest BCUT2D eigenvalue weighted by atomic mass is 28.2. The van der Waals surface area contributed by atoms with E-state index in [-0.39, 0.29) is 0 Å². The first kappa shape index (κ1) is 29.6. The quantitative estimate of drug-likeness (QED) is 0.0979. The molecule has 0 aliphatic carbocycles. The second-order valence-electron chi connectivity index (χ2n) is 13.3. The summed E-state index contributed by atoms with van der Waals surface area (Å²) in [5, 5.41) is 15.5. The van der Waals surface area contributed by atoms with Crippen LogP contribution in [0.2, 0.25) is 0 Å². The van der Waals surface area contributed by atoms with E-state index in [0.29, 0.717) is 9.52 Å². The van der Waals surface area contributed by atoms with Gasteiger partial charge in [0, 0.05) is 0 Å². The average molecular weight is 661 g/mol. The molecule has 0 aliphatic rings.